The summed E-state index contributed by atoms with van der Waals surface area (Å²) in [5.74, 6) is 0.193. The topological polar surface area (TPSA) is 80.5 Å². The molecule has 0 bridgehead atoms. The molecule has 1 atom stereocenters. The number of likely N-dealkylation sites (N-methyl/N-ethyl adjacent to an activating group) is 1. The summed E-state index contributed by atoms with van der Waals surface area (Å²) in [6.45, 7) is 2.43. The predicted molar refractivity (Wildman–Crippen MR) is 76.6 cm³/mol. The third-order valence-electron chi connectivity index (χ3n) is 3.14. The van der Waals surface area contributed by atoms with E-state index >= 15 is 0 Å². The highest BCUT2D eigenvalue weighted by Gasteiger charge is 2.26. The lowest BCUT2D eigenvalue weighted by Gasteiger charge is -2.23. The van der Waals surface area contributed by atoms with Crippen molar-refractivity contribution in [2.45, 2.75) is 31.8 Å². The molecular formula is C12H20N4O2S. The highest BCUT2D eigenvalue weighted by molar-refractivity contribution is 7.18. The zero-order valence-electron chi connectivity index (χ0n) is 11.5. The van der Waals surface area contributed by atoms with Gasteiger partial charge in [-0.1, -0.05) is 11.3 Å². The van der Waals surface area contributed by atoms with Gasteiger partial charge in [-0.05, 0) is 19.8 Å². The first-order valence-corrected chi connectivity index (χ1v) is 7.13. The van der Waals surface area contributed by atoms with Crippen molar-refractivity contribution in [3.05, 3.63) is 4.88 Å². The molecule has 7 heteroatoms. The van der Waals surface area contributed by atoms with E-state index in [2.05, 4.69) is 10.3 Å². The van der Waals surface area contributed by atoms with Crippen molar-refractivity contribution >= 4 is 28.2 Å². The number of nitrogens with two attached hydrogens (primary N) is 1. The van der Waals surface area contributed by atoms with Crippen LogP contribution < -0.4 is 11.1 Å². The predicted octanol–water partition coefficient (Wildman–Crippen LogP) is 1.41. The lowest BCUT2D eigenvalue weighted by Crippen LogP contribution is -2.37. The maximum Gasteiger partial charge on any atom is 0.267 e. The Hall–Kier alpha value is -1.34. The number of nitrogen functional groups attached to an aromatic ring is 1. The standard InChI is InChI=1S/C12H20N4O2S/c1-7(6-18-3)16(2)11(17)9-10(13)15-12(19-9)14-8-4-5-8/h7-8H,4-6,13H2,1-3H3,(H,14,15). The van der Waals surface area contributed by atoms with Gasteiger partial charge in [-0.25, -0.2) is 4.98 Å². The van der Waals surface area contributed by atoms with Gasteiger partial charge in [-0.15, -0.1) is 0 Å². The highest BCUT2D eigenvalue weighted by atomic mass is 32.1. The number of methoxy groups -OCH3 is 1. The van der Waals surface area contributed by atoms with Crippen molar-refractivity contribution in [1.29, 1.82) is 0 Å². The average Bonchev–Trinajstić information content (AvgIpc) is 3.10. The molecule has 1 aromatic rings. The van der Waals surface area contributed by atoms with Gasteiger partial charge >= 0.3 is 0 Å². The number of hydrogen-bond acceptors (Lipinski definition) is 6. The van der Waals surface area contributed by atoms with Crippen molar-refractivity contribution in [3.63, 3.8) is 0 Å². The van der Waals surface area contributed by atoms with Crippen LogP contribution in [0.3, 0.4) is 0 Å². The Kier molecular flexibility index (Phi) is 4.26. The first-order valence-electron chi connectivity index (χ1n) is 6.31. The van der Waals surface area contributed by atoms with Gasteiger partial charge in [0.25, 0.3) is 5.91 Å². The van der Waals surface area contributed by atoms with Gasteiger partial charge in [-0.3, -0.25) is 4.79 Å². The summed E-state index contributed by atoms with van der Waals surface area (Å²) >= 11 is 1.32. The largest absolute Gasteiger partial charge is 0.383 e. The molecule has 1 unspecified atom stereocenters. The summed E-state index contributed by atoms with van der Waals surface area (Å²) in [6.07, 6.45) is 2.32. The average molecular weight is 284 g/mol. The lowest BCUT2D eigenvalue weighted by molar-refractivity contribution is 0.0639. The minimum Gasteiger partial charge on any atom is -0.383 e. The van der Waals surface area contributed by atoms with Crippen LogP contribution in [0, 0.1) is 0 Å². The summed E-state index contributed by atoms with van der Waals surface area (Å²) in [5.41, 5.74) is 5.83. The van der Waals surface area contributed by atoms with E-state index in [0.717, 1.165) is 18.0 Å². The molecule has 1 aliphatic rings. The Morgan fingerprint density at radius 2 is 2.37 bits per heavy atom. The van der Waals surface area contributed by atoms with Crippen molar-refractivity contribution in [1.82, 2.24) is 9.88 Å². The molecule has 1 heterocycles. The fourth-order valence-electron chi connectivity index (χ4n) is 1.66. The van der Waals surface area contributed by atoms with Crippen LogP contribution in [0.1, 0.15) is 29.4 Å². The van der Waals surface area contributed by atoms with E-state index in [1.54, 1.807) is 19.1 Å². The molecule has 2 rings (SSSR count). The number of hydrogen-bond donors (Lipinski definition) is 2. The first-order chi connectivity index (χ1) is 9.02. The molecule has 1 amide bonds. The number of nitrogens with zero attached hydrogens (tertiary/aromatic N) is 2. The van der Waals surface area contributed by atoms with Crippen LogP contribution in [0.5, 0.6) is 0 Å². The summed E-state index contributed by atoms with van der Waals surface area (Å²) in [7, 11) is 3.37. The maximum absolute atomic E-state index is 12.3. The van der Waals surface area contributed by atoms with Crippen LogP contribution in [0.4, 0.5) is 10.9 Å². The van der Waals surface area contributed by atoms with Gasteiger partial charge in [0.05, 0.1) is 12.6 Å². The minimum absolute atomic E-state index is 0.00107. The number of amides is 1. The number of nitrogens with one attached hydrogen (secondary N) is 1. The highest BCUT2D eigenvalue weighted by Crippen LogP contribution is 2.31. The van der Waals surface area contributed by atoms with E-state index in [9.17, 15) is 4.79 Å². The van der Waals surface area contributed by atoms with E-state index < -0.39 is 0 Å². The van der Waals surface area contributed by atoms with Crippen LogP contribution >= 0.6 is 11.3 Å². The van der Waals surface area contributed by atoms with Crippen molar-refractivity contribution in [3.8, 4) is 0 Å². The Balaban J connectivity index is 2.06. The van der Waals surface area contributed by atoms with E-state index in [1.165, 1.54) is 11.3 Å². The van der Waals surface area contributed by atoms with E-state index in [0.29, 0.717) is 23.3 Å². The number of anilines is 2. The van der Waals surface area contributed by atoms with Gasteiger partial charge < -0.3 is 20.7 Å². The van der Waals surface area contributed by atoms with Crippen molar-refractivity contribution in [2.75, 3.05) is 31.8 Å². The van der Waals surface area contributed by atoms with Crippen LogP contribution in [0.2, 0.25) is 0 Å². The third-order valence-corrected chi connectivity index (χ3v) is 4.13. The number of ether oxygens (including phenoxy) is 1. The molecule has 0 aromatic carbocycles. The van der Waals surface area contributed by atoms with Gasteiger partial charge in [0, 0.05) is 20.2 Å². The third kappa shape index (κ3) is 3.36. The minimum atomic E-state index is -0.108. The second-order valence-corrected chi connectivity index (χ2v) is 5.87. The van der Waals surface area contributed by atoms with Crippen molar-refractivity contribution < 1.29 is 9.53 Å². The second kappa shape index (κ2) is 5.75. The molecule has 0 spiro atoms. The van der Waals surface area contributed by atoms with Crippen LogP contribution in [-0.4, -0.2) is 48.6 Å². The van der Waals surface area contributed by atoms with E-state index in [1.807, 2.05) is 6.92 Å². The molecule has 1 saturated carbocycles. The number of carbonyl (C=O) groups is 1. The lowest BCUT2D eigenvalue weighted by atomic mass is 10.3. The van der Waals surface area contributed by atoms with Crippen LogP contribution in [0.25, 0.3) is 0 Å². The number of thiazole rings is 1. The van der Waals surface area contributed by atoms with Gasteiger partial charge in [0.15, 0.2) is 5.13 Å². The van der Waals surface area contributed by atoms with Gasteiger partial charge in [-0.2, -0.15) is 0 Å². The normalized spacial score (nSPS) is 16.2. The first kappa shape index (κ1) is 14.1. The molecule has 1 aliphatic carbocycles. The Bertz CT molecular complexity index is 459. The summed E-state index contributed by atoms with van der Waals surface area (Å²) in [4.78, 5) is 18.7. The fraction of sp³-hybridized carbons (Fsp3) is 0.667. The molecule has 1 fully saturated rings. The van der Waals surface area contributed by atoms with Gasteiger partial charge in [0.2, 0.25) is 0 Å². The molecule has 106 valence electrons. The number of carbonyl (C=O) groups excluding carboxylic acids is 1. The molecule has 0 saturated heterocycles. The second-order valence-electron chi connectivity index (χ2n) is 4.87. The van der Waals surface area contributed by atoms with Crippen LogP contribution in [-0.2, 0) is 4.74 Å². The number of rotatable bonds is 6. The molecular weight excluding hydrogens is 264 g/mol. The Labute approximate surface area is 116 Å². The Morgan fingerprint density at radius 3 is 2.95 bits per heavy atom. The summed E-state index contributed by atoms with van der Waals surface area (Å²) in [6, 6.07) is 0.498. The van der Waals surface area contributed by atoms with Crippen molar-refractivity contribution in [2.24, 2.45) is 0 Å². The zero-order chi connectivity index (χ0) is 14.0. The fourth-order valence-corrected chi connectivity index (χ4v) is 2.61. The SMILES string of the molecule is COCC(C)N(C)C(=O)c1sc(NC2CC2)nc1N. The maximum atomic E-state index is 12.3. The monoisotopic (exact) mass is 284 g/mol. The quantitative estimate of drug-likeness (QED) is 0.825. The summed E-state index contributed by atoms with van der Waals surface area (Å²) < 4.78 is 5.06. The molecule has 6 nitrogen and oxygen atoms in total. The molecule has 19 heavy (non-hydrogen) atoms. The molecule has 1 aromatic heterocycles. The molecule has 0 aliphatic heterocycles. The van der Waals surface area contributed by atoms with Gasteiger partial charge in [0.1, 0.15) is 10.7 Å². The van der Waals surface area contributed by atoms with E-state index in [-0.39, 0.29) is 11.9 Å². The van der Waals surface area contributed by atoms with Crippen LogP contribution in [0.15, 0.2) is 0 Å². The Morgan fingerprint density at radius 1 is 1.68 bits per heavy atom. The van der Waals surface area contributed by atoms with E-state index in [4.69, 9.17) is 10.5 Å². The smallest absolute Gasteiger partial charge is 0.267 e. The molecule has 3 N–H and O–H groups in total. The number of aromatic nitrogens is 1. The summed E-state index contributed by atoms with van der Waals surface area (Å²) in [5, 5.41) is 3.99. The molecule has 0 radical (unpaired) electrons. The zero-order valence-corrected chi connectivity index (χ0v) is 12.3.